The molecule has 0 aliphatic heterocycles. The van der Waals surface area contributed by atoms with Crippen molar-refractivity contribution in [3.63, 3.8) is 0 Å². The molecule has 0 aromatic carbocycles. The van der Waals surface area contributed by atoms with Crippen molar-refractivity contribution in [2.45, 2.75) is 13.5 Å². The van der Waals surface area contributed by atoms with Gasteiger partial charge in [0.1, 0.15) is 5.82 Å². The molecule has 0 atom stereocenters. The van der Waals surface area contributed by atoms with Gasteiger partial charge >= 0.3 is 0 Å². The van der Waals surface area contributed by atoms with Crippen LogP contribution in [0.25, 0.3) is 0 Å². The number of nitrogens with zero attached hydrogens (tertiary/aromatic N) is 2. The third-order valence-corrected chi connectivity index (χ3v) is 3.42. The van der Waals surface area contributed by atoms with Gasteiger partial charge in [0.25, 0.3) is 5.91 Å². The summed E-state index contributed by atoms with van der Waals surface area (Å²) in [5.74, 6) is 0.383. The summed E-state index contributed by atoms with van der Waals surface area (Å²) in [6.07, 6.45) is 3.23. The number of carbonyl (C=O) groups excluding carboxylic acids is 1. The topological polar surface area (TPSA) is 66.9 Å². The molecule has 0 aliphatic rings. The van der Waals surface area contributed by atoms with Gasteiger partial charge in [-0.15, -0.1) is 11.3 Å². The Morgan fingerprint density at radius 3 is 2.95 bits per heavy atom. The molecule has 1 amide bonds. The molecule has 19 heavy (non-hydrogen) atoms. The molecule has 2 rings (SSSR count). The molecule has 0 radical (unpaired) electrons. The molecule has 2 heterocycles. The van der Waals surface area contributed by atoms with E-state index >= 15 is 0 Å². The summed E-state index contributed by atoms with van der Waals surface area (Å²) < 4.78 is 0. The Bertz CT molecular complexity index is 559. The van der Waals surface area contributed by atoms with Crippen LogP contribution in [-0.2, 0) is 6.54 Å². The first-order chi connectivity index (χ1) is 9.20. The van der Waals surface area contributed by atoms with Crippen LogP contribution in [0.5, 0.6) is 0 Å². The molecule has 0 saturated heterocycles. The molecule has 2 aromatic heterocycles. The zero-order valence-corrected chi connectivity index (χ0v) is 11.9. The van der Waals surface area contributed by atoms with Crippen LogP contribution in [0.1, 0.15) is 22.2 Å². The maximum Gasteiger partial charge on any atom is 0.253 e. The highest BCUT2D eigenvalue weighted by Crippen LogP contribution is 2.19. The fourth-order valence-corrected chi connectivity index (χ4v) is 2.23. The van der Waals surface area contributed by atoms with Crippen LogP contribution in [0.3, 0.4) is 0 Å². The summed E-state index contributed by atoms with van der Waals surface area (Å²) in [6, 6.07) is 1.61. The third-order valence-electron chi connectivity index (χ3n) is 2.35. The fourth-order valence-electron chi connectivity index (χ4n) is 1.46. The molecular formula is C12H13ClN4OS. The van der Waals surface area contributed by atoms with Crippen molar-refractivity contribution in [2.75, 3.05) is 11.9 Å². The monoisotopic (exact) mass is 296 g/mol. The predicted molar refractivity (Wildman–Crippen MR) is 76.7 cm³/mol. The first-order valence-corrected chi connectivity index (χ1v) is 7.01. The molecule has 0 spiro atoms. The Morgan fingerprint density at radius 2 is 2.32 bits per heavy atom. The summed E-state index contributed by atoms with van der Waals surface area (Å²) >= 11 is 7.53. The van der Waals surface area contributed by atoms with E-state index in [0.29, 0.717) is 22.9 Å². The number of nitrogens with one attached hydrogen (secondary N) is 2. The van der Waals surface area contributed by atoms with Gasteiger partial charge in [0, 0.05) is 23.8 Å². The number of thiazole rings is 1. The SMILES string of the molecule is CCNc1ncc(C(=O)NCc2cncs2)cc1Cl. The number of hydrogen-bond donors (Lipinski definition) is 2. The van der Waals surface area contributed by atoms with Crippen molar-refractivity contribution in [3.05, 3.63) is 39.4 Å². The third kappa shape index (κ3) is 3.65. The van der Waals surface area contributed by atoms with E-state index in [9.17, 15) is 4.79 Å². The van der Waals surface area contributed by atoms with E-state index in [1.165, 1.54) is 17.5 Å². The normalized spacial score (nSPS) is 10.2. The molecular weight excluding hydrogens is 284 g/mol. The largest absolute Gasteiger partial charge is 0.369 e. The van der Waals surface area contributed by atoms with E-state index in [2.05, 4.69) is 20.6 Å². The molecule has 0 bridgehead atoms. The maximum absolute atomic E-state index is 11.9. The summed E-state index contributed by atoms with van der Waals surface area (Å²) in [7, 11) is 0. The lowest BCUT2D eigenvalue weighted by molar-refractivity contribution is 0.0951. The van der Waals surface area contributed by atoms with Crippen molar-refractivity contribution in [1.82, 2.24) is 15.3 Å². The summed E-state index contributed by atoms with van der Waals surface area (Å²) in [5, 5.41) is 6.24. The Kier molecular flexibility index (Phi) is 4.70. The van der Waals surface area contributed by atoms with E-state index in [1.54, 1.807) is 17.8 Å². The van der Waals surface area contributed by atoms with Crippen molar-refractivity contribution < 1.29 is 4.79 Å². The van der Waals surface area contributed by atoms with Gasteiger partial charge in [-0.05, 0) is 13.0 Å². The highest BCUT2D eigenvalue weighted by molar-refractivity contribution is 7.09. The molecule has 100 valence electrons. The van der Waals surface area contributed by atoms with E-state index in [1.807, 2.05) is 6.92 Å². The van der Waals surface area contributed by atoms with Gasteiger partial charge < -0.3 is 10.6 Å². The number of aromatic nitrogens is 2. The van der Waals surface area contributed by atoms with Crippen LogP contribution in [0.4, 0.5) is 5.82 Å². The summed E-state index contributed by atoms with van der Waals surface area (Å²) in [5.41, 5.74) is 2.17. The Balaban J connectivity index is 2.01. The van der Waals surface area contributed by atoms with E-state index in [4.69, 9.17) is 11.6 Å². The lowest BCUT2D eigenvalue weighted by Crippen LogP contribution is -2.22. The fraction of sp³-hybridized carbons (Fsp3) is 0.250. The first kappa shape index (κ1) is 13.8. The van der Waals surface area contributed by atoms with Crippen molar-refractivity contribution >= 4 is 34.7 Å². The maximum atomic E-state index is 11.9. The van der Waals surface area contributed by atoms with Crippen molar-refractivity contribution in [1.29, 1.82) is 0 Å². The summed E-state index contributed by atoms with van der Waals surface area (Å²) in [6.45, 7) is 3.13. The van der Waals surface area contributed by atoms with Gasteiger partial charge in [-0.1, -0.05) is 11.6 Å². The summed E-state index contributed by atoms with van der Waals surface area (Å²) in [4.78, 5) is 21.0. The van der Waals surface area contributed by atoms with E-state index in [0.717, 1.165) is 11.4 Å². The average Bonchev–Trinajstić information content (AvgIpc) is 2.91. The second kappa shape index (κ2) is 6.49. The molecule has 2 N–H and O–H groups in total. The molecule has 7 heteroatoms. The Labute approximate surface area is 120 Å². The number of pyridine rings is 1. The van der Waals surface area contributed by atoms with Crippen LogP contribution in [0, 0.1) is 0 Å². The quantitative estimate of drug-likeness (QED) is 0.890. The number of amides is 1. The van der Waals surface area contributed by atoms with Crippen LogP contribution in [0.2, 0.25) is 5.02 Å². The van der Waals surface area contributed by atoms with Gasteiger partial charge in [0.15, 0.2) is 0 Å². The van der Waals surface area contributed by atoms with Gasteiger partial charge in [0.2, 0.25) is 0 Å². The lowest BCUT2D eigenvalue weighted by atomic mass is 10.2. The minimum Gasteiger partial charge on any atom is -0.369 e. The Hall–Kier alpha value is -1.66. The standard InChI is InChI=1S/C12H13ClN4OS/c1-2-15-11-10(13)3-8(4-16-11)12(18)17-6-9-5-14-7-19-9/h3-5,7H,2,6H2,1H3,(H,15,16)(H,17,18). The van der Waals surface area contributed by atoms with Crippen LogP contribution in [0.15, 0.2) is 24.0 Å². The highest BCUT2D eigenvalue weighted by atomic mass is 35.5. The predicted octanol–water partition coefficient (Wildman–Crippen LogP) is 2.55. The number of carbonyl (C=O) groups is 1. The second-order valence-corrected chi connectivity index (χ2v) is 5.11. The lowest BCUT2D eigenvalue weighted by Gasteiger charge is -2.07. The van der Waals surface area contributed by atoms with E-state index in [-0.39, 0.29) is 5.91 Å². The molecule has 2 aromatic rings. The number of anilines is 1. The van der Waals surface area contributed by atoms with Gasteiger partial charge in [-0.3, -0.25) is 9.78 Å². The van der Waals surface area contributed by atoms with Gasteiger partial charge in [-0.25, -0.2) is 4.98 Å². The zero-order valence-electron chi connectivity index (χ0n) is 10.3. The minimum atomic E-state index is -0.203. The average molecular weight is 297 g/mol. The zero-order chi connectivity index (χ0) is 13.7. The smallest absolute Gasteiger partial charge is 0.253 e. The minimum absolute atomic E-state index is 0.203. The molecule has 5 nitrogen and oxygen atoms in total. The molecule has 0 aliphatic carbocycles. The van der Waals surface area contributed by atoms with Crippen LogP contribution < -0.4 is 10.6 Å². The van der Waals surface area contributed by atoms with Crippen molar-refractivity contribution in [3.8, 4) is 0 Å². The Morgan fingerprint density at radius 1 is 1.47 bits per heavy atom. The van der Waals surface area contributed by atoms with Crippen LogP contribution >= 0.6 is 22.9 Å². The van der Waals surface area contributed by atoms with Gasteiger partial charge in [0.05, 0.1) is 22.6 Å². The highest BCUT2D eigenvalue weighted by Gasteiger charge is 2.09. The number of rotatable bonds is 5. The molecule has 0 saturated carbocycles. The van der Waals surface area contributed by atoms with Crippen LogP contribution in [-0.4, -0.2) is 22.4 Å². The number of hydrogen-bond acceptors (Lipinski definition) is 5. The number of halogens is 1. The molecule has 0 fully saturated rings. The molecule has 0 unspecified atom stereocenters. The second-order valence-electron chi connectivity index (χ2n) is 3.74. The van der Waals surface area contributed by atoms with Gasteiger partial charge in [-0.2, -0.15) is 0 Å². The first-order valence-electron chi connectivity index (χ1n) is 5.75. The van der Waals surface area contributed by atoms with Crippen molar-refractivity contribution in [2.24, 2.45) is 0 Å². The van der Waals surface area contributed by atoms with E-state index < -0.39 is 0 Å².